The quantitative estimate of drug-likeness (QED) is 0.440. The molecule has 1 fully saturated rings. The summed E-state index contributed by atoms with van der Waals surface area (Å²) in [7, 11) is 1.34. The molecule has 0 radical (unpaired) electrons. The van der Waals surface area contributed by atoms with Gasteiger partial charge in [-0.2, -0.15) is 0 Å². The Balaban J connectivity index is 2.42. The predicted molar refractivity (Wildman–Crippen MR) is 137 cm³/mol. The number of methoxy groups -OCH3 is 1. The average Bonchev–Trinajstić information content (AvgIpc) is 3.14. The number of carbonyl (C=O) groups is 3. The Morgan fingerprint density at radius 2 is 1.75 bits per heavy atom. The third-order valence-corrected chi connectivity index (χ3v) is 6.33. The highest BCUT2D eigenvalue weighted by atomic mass is 16.6. The van der Waals surface area contributed by atoms with Crippen LogP contribution in [0.1, 0.15) is 59.9 Å². The number of carbonyl (C=O) groups excluding carboxylic acids is 2. The van der Waals surface area contributed by atoms with Crippen LogP contribution in [-0.2, 0) is 25.5 Å². The van der Waals surface area contributed by atoms with Gasteiger partial charge in [0.05, 0.1) is 19.8 Å². The monoisotopic (exact) mass is 505 g/mol. The van der Waals surface area contributed by atoms with Gasteiger partial charge in [0.15, 0.2) is 0 Å². The number of hydrogen-bond acceptors (Lipinski definition) is 7. The molecule has 9 heteroatoms. The molecule has 1 aliphatic rings. The van der Waals surface area contributed by atoms with Crippen molar-refractivity contribution >= 4 is 18.0 Å². The zero-order chi connectivity index (χ0) is 27.0. The van der Waals surface area contributed by atoms with Gasteiger partial charge in [-0.1, -0.05) is 44.2 Å². The first-order valence-corrected chi connectivity index (χ1v) is 12.7. The zero-order valence-corrected chi connectivity index (χ0v) is 22.7. The molecule has 4 atom stereocenters. The first-order valence-electron chi connectivity index (χ1n) is 12.7. The average molecular weight is 506 g/mol. The summed E-state index contributed by atoms with van der Waals surface area (Å²) in [5.74, 6) is -1.11. The summed E-state index contributed by atoms with van der Waals surface area (Å²) in [5.41, 5.74) is 0.369. The van der Waals surface area contributed by atoms with Crippen molar-refractivity contribution in [2.24, 2.45) is 5.92 Å². The fourth-order valence-electron chi connectivity index (χ4n) is 4.65. The molecular formula is C27H43N3O6. The first-order chi connectivity index (χ1) is 16.8. The summed E-state index contributed by atoms with van der Waals surface area (Å²) < 4.78 is 10.5. The molecule has 9 nitrogen and oxygen atoms in total. The maximum atomic E-state index is 13.3. The van der Waals surface area contributed by atoms with E-state index in [1.54, 1.807) is 11.8 Å². The van der Waals surface area contributed by atoms with Crippen molar-refractivity contribution in [2.75, 3.05) is 20.3 Å². The van der Waals surface area contributed by atoms with Gasteiger partial charge in [-0.3, -0.25) is 19.4 Å². The second-order valence-corrected chi connectivity index (χ2v) is 10.9. The maximum Gasteiger partial charge on any atom is 0.411 e. The van der Waals surface area contributed by atoms with Crippen LogP contribution in [0.4, 0.5) is 4.79 Å². The molecule has 36 heavy (non-hydrogen) atoms. The number of rotatable bonds is 11. The van der Waals surface area contributed by atoms with Gasteiger partial charge < -0.3 is 19.9 Å². The number of ether oxygens (including phenoxy) is 2. The lowest BCUT2D eigenvalue weighted by molar-refractivity contribution is -0.144. The van der Waals surface area contributed by atoms with Crippen molar-refractivity contribution in [1.29, 1.82) is 0 Å². The molecule has 0 unspecified atom stereocenters. The van der Waals surface area contributed by atoms with Gasteiger partial charge in [0.25, 0.3) is 0 Å². The van der Waals surface area contributed by atoms with Crippen LogP contribution in [-0.4, -0.2) is 83.0 Å². The third kappa shape index (κ3) is 8.48. The lowest BCUT2D eigenvalue weighted by atomic mass is 9.94. The lowest BCUT2D eigenvalue weighted by Gasteiger charge is -2.32. The summed E-state index contributed by atoms with van der Waals surface area (Å²) in [6.07, 6.45) is 1.10. The molecule has 0 spiro atoms. The van der Waals surface area contributed by atoms with E-state index >= 15 is 0 Å². The highest BCUT2D eigenvalue weighted by Crippen LogP contribution is 2.31. The molecule has 1 saturated heterocycles. The van der Waals surface area contributed by atoms with Crippen LogP contribution >= 0.6 is 0 Å². The van der Waals surface area contributed by atoms with E-state index in [0.717, 1.165) is 5.56 Å². The van der Waals surface area contributed by atoms with E-state index in [-0.39, 0.29) is 30.6 Å². The van der Waals surface area contributed by atoms with Crippen LogP contribution in [0.15, 0.2) is 30.3 Å². The number of esters is 1. The van der Waals surface area contributed by atoms with E-state index in [0.29, 0.717) is 25.8 Å². The van der Waals surface area contributed by atoms with Crippen LogP contribution in [0.5, 0.6) is 0 Å². The van der Waals surface area contributed by atoms with Gasteiger partial charge in [0.2, 0.25) is 0 Å². The summed E-state index contributed by atoms with van der Waals surface area (Å²) in [6.45, 7) is 11.8. The molecule has 0 saturated carbocycles. The minimum absolute atomic E-state index is 0.160. The van der Waals surface area contributed by atoms with E-state index in [9.17, 15) is 19.5 Å². The Bertz CT molecular complexity index is 870. The van der Waals surface area contributed by atoms with E-state index in [4.69, 9.17) is 9.47 Å². The van der Waals surface area contributed by atoms with Crippen molar-refractivity contribution in [3.8, 4) is 0 Å². The molecule has 1 heterocycles. The normalized spacial score (nSPS) is 20.3. The SMILES string of the molecule is COC(=O)[C@H](C)NCC[C@@H]1[C@H](Cc2ccccc2)N(C(=O)OC(C)(C)C)CN1[C@@H](CC(C)C)C(=O)O. The molecule has 1 aliphatic heterocycles. The first kappa shape index (κ1) is 29.6. The summed E-state index contributed by atoms with van der Waals surface area (Å²) in [4.78, 5) is 41.2. The van der Waals surface area contributed by atoms with E-state index in [1.165, 1.54) is 7.11 Å². The molecule has 1 aromatic rings. The van der Waals surface area contributed by atoms with Crippen LogP contribution in [0.25, 0.3) is 0 Å². The molecule has 2 N–H and O–H groups in total. The van der Waals surface area contributed by atoms with Gasteiger partial charge in [0.1, 0.15) is 17.7 Å². The van der Waals surface area contributed by atoms with Crippen molar-refractivity contribution in [3.05, 3.63) is 35.9 Å². The fraction of sp³-hybridized carbons (Fsp3) is 0.667. The Labute approximate surface area is 215 Å². The third-order valence-electron chi connectivity index (χ3n) is 6.33. The zero-order valence-electron chi connectivity index (χ0n) is 22.7. The Morgan fingerprint density at radius 3 is 2.28 bits per heavy atom. The summed E-state index contributed by atoms with van der Waals surface area (Å²) in [5, 5.41) is 13.3. The number of aliphatic carboxylic acids is 1. The number of carboxylic acids is 1. The molecular weight excluding hydrogens is 462 g/mol. The molecule has 1 amide bonds. The van der Waals surface area contributed by atoms with Crippen LogP contribution in [0, 0.1) is 5.92 Å². The molecule has 202 valence electrons. The number of benzene rings is 1. The number of nitrogens with zero attached hydrogens (tertiary/aromatic N) is 2. The van der Waals surface area contributed by atoms with Crippen molar-refractivity contribution in [2.45, 2.75) is 90.6 Å². The summed E-state index contributed by atoms with van der Waals surface area (Å²) in [6, 6.07) is 8.06. The molecule has 0 aliphatic carbocycles. The largest absolute Gasteiger partial charge is 0.480 e. The van der Waals surface area contributed by atoms with Crippen molar-refractivity contribution < 1.29 is 29.0 Å². The van der Waals surface area contributed by atoms with Gasteiger partial charge >= 0.3 is 18.0 Å². The lowest BCUT2D eigenvalue weighted by Crippen LogP contribution is -2.49. The smallest absolute Gasteiger partial charge is 0.411 e. The number of hydrogen-bond donors (Lipinski definition) is 2. The molecule has 1 aromatic carbocycles. The fourth-order valence-corrected chi connectivity index (χ4v) is 4.65. The number of amides is 1. The van der Waals surface area contributed by atoms with Crippen molar-refractivity contribution in [3.63, 3.8) is 0 Å². The Kier molecular flexibility index (Phi) is 10.7. The van der Waals surface area contributed by atoms with E-state index in [1.807, 2.05) is 69.9 Å². The van der Waals surface area contributed by atoms with E-state index in [2.05, 4.69) is 5.32 Å². The van der Waals surface area contributed by atoms with Crippen molar-refractivity contribution in [1.82, 2.24) is 15.1 Å². The van der Waals surface area contributed by atoms with Gasteiger partial charge in [-0.15, -0.1) is 0 Å². The minimum atomic E-state index is -0.908. The second kappa shape index (κ2) is 13.1. The standard InChI is InChI=1S/C27H43N3O6/c1-18(2)15-23(24(31)32)29-17-30(26(34)36-27(4,5)6)22(16-20-11-9-8-10-12-20)21(29)13-14-28-19(3)25(33)35-7/h8-12,18-19,21-23,28H,13-17H2,1-7H3,(H,31,32)/t19-,21+,22-,23-/m0/s1. The molecule has 0 aromatic heterocycles. The summed E-state index contributed by atoms with van der Waals surface area (Å²) >= 11 is 0. The Hall–Kier alpha value is -2.65. The van der Waals surface area contributed by atoms with Crippen LogP contribution in [0.2, 0.25) is 0 Å². The van der Waals surface area contributed by atoms with Gasteiger partial charge in [0, 0.05) is 6.04 Å². The highest BCUT2D eigenvalue weighted by molar-refractivity contribution is 5.75. The number of nitrogens with one attached hydrogen (secondary N) is 1. The van der Waals surface area contributed by atoms with Crippen LogP contribution in [0.3, 0.4) is 0 Å². The minimum Gasteiger partial charge on any atom is -0.480 e. The molecule has 2 rings (SSSR count). The number of carboxylic acid groups (broad SMARTS) is 1. The maximum absolute atomic E-state index is 13.3. The van der Waals surface area contributed by atoms with Gasteiger partial charge in [-0.05, 0) is 65.0 Å². The Morgan fingerprint density at radius 1 is 1.11 bits per heavy atom. The second-order valence-electron chi connectivity index (χ2n) is 10.9. The predicted octanol–water partition coefficient (Wildman–Crippen LogP) is 3.52. The highest BCUT2D eigenvalue weighted by Gasteiger charge is 2.47. The van der Waals surface area contributed by atoms with Gasteiger partial charge in [-0.25, -0.2) is 4.79 Å². The molecule has 0 bridgehead atoms. The topological polar surface area (TPSA) is 108 Å². The van der Waals surface area contributed by atoms with Crippen LogP contribution < -0.4 is 5.32 Å². The van der Waals surface area contributed by atoms with E-state index < -0.39 is 29.7 Å².